The highest BCUT2D eigenvalue weighted by atomic mass is 35.5. The van der Waals surface area contributed by atoms with Crippen LogP contribution >= 0.6 is 24.8 Å². The fourth-order valence-electron chi connectivity index (χ4n) is 1.72. The van der Waals surface area contributed by atoms with Crippen LogP contribution < -0.4 is 5.73 Å². The van der Waals surface area contributed by atoms with Crippen molar-refractivity contribution in [3.05, 3.63) is 23.3 Å². The van der Waals surface area contributed by atoms with E-state index in [0.29, 0.717) is 12.3 Å². The van der Waals surface area contributed by atoms with Gasteiger partial charge in [-0.25, -0.2) is 4.98 Å². The monoisotopic (exact) mass is 277 g/mol. The molecule has 0 spiro atoms. The molecule has 5 nitrogen and oxygen atoms in total. The summed E-state index contributed by atoms with van der Waals surface area (Å²) >= 11 is 0. The minimum absolute atomic E-state index is 0. The summed E-state index contributed by atoms with van der Waals surface area (Å²) in [4.78, 5) is 4.32. The molecule has 0 unspecified atom stereocenters. The van der Waals surface area contributed by atoms with Crippen molar-refractivity contribution in [2.75, 3.05) is 6.54 Å². The summed E-state index contributed by atoms with van der Waals surface area (Å²) in [6.45, 7) is 4.67. The maximum Gasteiger partial charge on any atom is 0.255 e. The second-order valence-electron chi connectivity index (χ2n) is 3.68. The van der Waals surface area contributed by atoms with E-state index in [1.807, 2.05) is 24.3 Å². The Hall–Kier alpha value is -0.910. The summed E-state index contributed by atoms with van der Waals surface area (Å²) in [6, 6.07) is 2.03. The van der Waals surface area contributed by atoms with Crippen molar-refractivity contribution in [3.8, 4) is 0 Å². The standard InChI is InChI=1S/C10H15N5.2ClH/c1-7-6-8(2)15-9(4-3-5-11)13-14-10(15)12-7;;/h6H,3-5,11H2,1-2H3;2*1H. The highest BCUT2D eigenvalue weighted by Crippen LogP contribution is 2.08. The maximum atomic E-state index is 5.48. The summed E-state index contributed by atoms with van der Waals surface area (Å²) in [7, 11) is 0. The number of aromatic nitrogens is 4. The lowest BCUT2D eigenvalue weighted by Gasteiger charge is -2.03. The molecule has 0 fully saturated rings. The van der Waals surface area contributed by atoms with E-state index < -0.39 is 0 Å². The molecule has 0 saturated carbocycles. The van der Waals surface area contributed by atoms with Crippen LogP contribution in [0, 0.1) is 13.8 Å². The predicted molar refractivity (Wildman–Crippen MR) is 72.1 cm³/mol. The Kier molecular flexibility index (Phi) is 6.37. The summed E-state index contributed by atoms with van der Waals surface area (Å²) in [5.41, 5.74) is 7.57. The minimum Gasteiger partial charge on any atom is -0.330 e. The fourth-order valence-corrected chi connectivity index (χ4v) is 1.72. The van der Waals surface area contributed by atoms with Crippen molar-refractivity contribution in [2.24, 2.45) is 5.73 Å². The molecular formula is C10H17Cl2N5. The lowest BCUT2D eigenvalue weighted by Crippen LogP contribution is -2.05. The predicted octanol–water partition coefficient (Wildman–Crippen LogP) is 1.48. The molecule has 0 aliphatic carbocycles. The summed E-state index contributed by atoms with van der Waals surface area (Å²) in [6.07, 6.45) is 1.78. The molecule has 2 aromatic heterocycles. The van der Waals surface area contributed by atoms with Crippen LogP contribution in [-0.2, 0) is 6.42 Å². The van der Waals surface area contributed by atoms with E-state index in [9.17, 15) is 0 Å². The first-order valence-electron chi connectivity index (χ1n) is 5.10. The molecular weight excluding hydrogens is 261 g/mol. The Bertz CT molecular complexity index is 483. The molecule has 2 N–H and O–H groups in total. The highest BCUT2D eigenvalue weighted by Gasteiger charge is 2.08. The molecule has 0 atom stereocenters. The Morgan fingerprint density at radius 3 is 2.59 bits per heavy atom. The smallest absolute Gasteiger partial charge is 0.255 e. The number of nitrogens with zero attached hydrogens (tertiary/aromatic N) is 4. The number of aryl methyl sites for hydroxylation is 3. The molecule has 7 heteroatoms. The SMILES string of the molecule is Cc1cc(C)n2c(CCCN)nnc2n1.Cl.Cl. The zero-order valence-corrected chi connectivity index (χ0v) is 11.5. The van der Waals surface area contributed by atoms with Gasteiger partial charge in [-0.3, -0.25) is 4.40 Å². The van der Waals surface area contributed by atoms with Gasteiger partial charge in [0.1, 0.15) is 5.82 Å². The molecule has 0 radical (unpaired) electrons. The van der Waals surface area contributed by atoms with Gasteiger partial charge in [0.05, 0.1) is 0 Å². The third-order valence-electron chi connectivity index (χ3n) is 2.36. The van der Waals surface area contributed by atoms with Gasteiger partial charge < -0.3 is 5.73 Å². The van der Waals surface area contributed by atoms with Crippen LogP contribution in [0.4, 0.5) is 0 Å². The van der Waals surface area contributed by atoms with Gasteiger partial charge >= 0.3 is 0 Å². The topological polar surface area (TPSA) is 69.1 Å². The van der Waals surface area contributed by atoms with E-state index in [1.54, 1.807) is 0 Å². The second-order valence-corrected chi connectivity index (χ2v) is 3.68. The van der Waals surface area contributed by atoms with Crippen LogP contribution in [-0.4, -0.2) is 26.1 Å². The number of rotatable bonds is 3. The van der Waals surface area contributed by atoms with Crippen molar-refractivity contribution >= 4 is 30.6 Å². The minimum atomic E-state index is 0. The fraction of sp³-hybridized carbons (Fsp3) is 0.500. The zero-order chi connectivity index (χ0) is 10.8. The van der Waals surface area contributed by atoms with Gasteiger partial charge in [-0.1, -0.05) is 0 Å². The Morgan fingerprint density at radius 2 is 1.94 bits per heavy atom. The second kappa shape index (κ2) is 6.74. The quantitative estimate of drug-likeness (QED) is 0.923. The molecule has 96 valence electrons. The van der Waals surface area contributed by atoms with Crippen molar-refractivity contribution < 1.29 is 0 Å². The molecule has 0 bridgehead atoms. The van der Waals surface area contributed by atoms with Gasteiger partial charge in [0.2, 0.25) is 0 Å². The van der Waals surface area contributed by atoms with Crippen LogP contribution in [0.5, 0.6) is 0 Å². The Morgan fingerprint density at radius 1 is 1.24 bits per heavy atom. The molecule has 2 aromatic rings. The number of halogens is 2. The van der Waals surface area contributed by atoms with Crippen LogP contribution in [0.15, 0.2) is 6.07 Å². The van der Waals surface area contributed by atoms with E-state index >= 15 is 0 Å². The van der Waals surface area contributed by atoms with Gasteiger partial charge in [0, 0.05) is 17.8 Å². The average molecular weight is 278 g/mol. The largest absolute Gasteiger partial charge is 0.330 e. The van der Waals surface area contributed by atoms with Crippen molar-refractivity contribution in [2.45, 2.75) is 26.7 Å². The lowest BCUT2D eigenvalue weighted by molar-refractivity contribution is 0.763. The van der Waals surface area contributed by atoms with E-state index in [2.05, 4.69) is 15.2 Å². The van der Waals surface area contributed by atoms with Crippen LogP contribution in [0.1, 0.15) is 23.6 Å². The first-order valence-corrected chi connectivity index (χ1v) is 5.10. The van der Waals surface area contributed by atoms with Crippen molar-refractivity contribution in [3.63, 3.8) is 0 Å². The third kappa shape index (κ3) is 3.28. The van der Waals surface area contributed by atoms with Crippen LogP contribution in [0.25, 0.3) is 5.78 Å². The van der Waals surface area contributed by atoms with Gasteiger partial charge in [-0.05, 0) is 32.9 Å². The number of fused-ring (bicyclic) bond motifs is 1. The molecule has 0 aromatic carbocycles. The van der Waals surface area contributed by atoms with E-state index in [0.717, 1.165) is 30.1 Å². The first kappa shape index (κ1) is 16.1. The van der Waals surface area contributed by atoms with E-state index in [4.69, 9.17) is 5.73 Å². The summed E-state index contributed by atoms with van der Waals surface area (Å²) < 4.78 is 1.99. The highest BCUT2D eigenvalue weighted by molar-refractivity contribution is 5.85. The zero-order valence-electron chi connectivity index (χ0n) is 9.88. The van der Waals surface area contributed by atoms with Gasteiger partial charge in [0.15, 0.2) is 0 Å². The first-order chi connectivity index (χ1) is 7.22. The van der Waals surface area contributed by atoms with E-state index in [1.165, 1.54) is 0 Å². The molecule has 17 heavy (non-hydrogen) atoms. The lowest BCUT2D eigenvalue weighted by atomic mass is 10.3. The number of hydrogen-bond donors (Lipinski definition) is 1. The maximum absolute atomic E-state index is 5.48. The third-order valence-corrected chi connectivity index (χ3v) is 2.36. The number of hydrogen-bond acceptors (Lipinski definition) is 4. The van der Waals surface area contributed by atoms with Crippen LogP contribution in [0.2, 0.25) is 0 Å². The van der Waals surface area contributed by atoms with Gasteiger partial charge in [-0.2, -0.15) is 0 Å². The molecule has 2 heterocycles. The Labute approximate surface area is 113 Å². The molecule has 0 aliphatic heterocycles. The van der Waals surface area contributed by atoms with Crippen molar-refractivity contribution in [1.82, 2.24) is 19.6 Å². The molecule has 0 amide bonds. The van der Waals surface area contributed by atoms with Gasteiger partial charge in [-0.15, -0.1) is 35.0 Å². The summed E-state index contributed by atoms with van der Waals surface area (Å²) in [5.74, 6) is 1.62. The average Bonchev–Trinajstić information content (AvgIpc) is 2.58. The molecule has 0 saturated heterocycles. The van der Waals surface area contributed by atoms with Crippen LogP contribution in [0.3, 0.4) is 0 Å². The Balaban J connectivity index is 0.00000128. The van der Waals surface area contributed by atoms with Crippen molar-refractivity contribution in [1.29, 1.82) is 0 Å². The summed E-state index contributed by atoms with van der Waals surface area (Å²) in [5, 5.41) is 8.18. The van der Waals surface area contributed by atoms with Gasteiger partial charge in [0.25, 0.3) is 5.78 Å². The molecule has 0 aliphatic rings. The van der Waals surface area contributed by atoms with E-state index in [-0.39, 0.29) is 24.8 Å². The molecule has 2 rings (SSSR count). The number of nitrogens with two attached hydrogens (primary N) is 1. The normalized spacial score (nSPS) is 9.82.